The second-order valence-electron chi connectivity index (χ2n) is 4.93. The van der Waals surface area contributed by atoms with Gasteiger partial charge in [0.2, 0.25) is 0 Å². The smallest absolute Gasteiger partial charge is 0.160 e. The molecule has 116 valence electrons. The van der Waals surface area contributed by atoms with Crippen LogP contribution in [0.4, 0.5) is 0 Å². The molecule has 6 atom stereocenters. The van der Waals surface area contributed by atoms with Crippen molar-refractivity contribution >= 4 is 9.84 Å². The van der Waals surface area contributed by atoms with Gasteiger partial charge >= 0.3 is 0 Å². The number of hydrogen-bond donors (Lipinski definition) is 4. The highest BCUT2D eigenvalue weighted by Crippen LogP contribution is 2.20. The predicted molar refractivity (Wildman–Crippen MR) is 72.5 cm³/mol. The first kappa shape index (κ1) is 18.8. The van der Waals surface area contributed by atoms with Crippen molar-refractivity contribution in [2.45, 2.75) is 75.5 Å². The van der Waals surface area contributed by atoms with E-state index in [2.05, 4.69) is 0 Å². The van der Waals surface area contributed by atoms with Crippen LogP contribution in [-0.4, -0.2) is 63.8 Å². The molecule has 0 heterocycles. The average Bonchev–Trinajstić information content (AvgIpc) is 2.41. The highest BCUT2D eigenvalue weighted by molar-refractivity contribution is 7.92. The van der Waals surface area contributed by atoms with Gasteiger partial charge in [-0.25, -0.2) is 8.42 Å². The van der Waals surface area contributed by atoms with Gasteiger partial charge in [-0.15, -0.1) is 0 Å². The van der Waals surface area contributed by atoms with Crippen LogP contribution in [-0.2, 0) is 9.84 Å². The maximum Gasteiger partial charge on any atom is 0.160 e. The van der Waals surface area contributed by atoms with E-state index < -0.39 is 44.8 Å². The normalized spacial score (nSPS) is 22.3. The zero-order chi connectivity index (χ0) is 15.4. The zero-order valence-corrected chi connectivity index (χ0v) is 12.7. The molecule has 6 nitrogen and oxygen atoms in total. The van der Waals surface area contributed by atoms with E-state index in [-0.39, 0.29) is 12.8 Å². The Morgan fingerprint density at radius 1 is 0.789 bits per heavy atom. The first-order valence-electron chi connectivity index (χ1n) is 6.56. The van der Waals surface area contributed by atoms with Crippen LogP contribution < -0.4 is 0 Å². The summed E-state index contributed by atoms with van der Waals surface area (Å²) in [5.41, 5.74) is 0. The maximum atomic E-state index is 12.2. The lowest BCUT2D eigenvalue weighted by Crippen LogP contribution is -2.48. The van der Waals surface area contributed by atoms with Crippen LogP contribution in [0.25, 0.3) is 0 Å². The van der Waals surface area contributed by atoms with Crippen molar-refractivity contribution in [2.24, 2.45) is 0 Å². The summed E-state index contributed by atoms with van der Waals surface area (Å²) in [4.78, 5) is 0. The quantitative estimate of drug-likeness (QED) is 0.477. The maximum absolute atomic E-state index is 12.2. The highest BCUT2D eigenvalue weighted by Gasteiger charge is 2.40. The molecule has 7 heteroatoms. The Balaban J connectivity index is 5.05. The summed E-state index contributed by atoms with van der Waals surface area (Å²) in [5, 5.41) is 36.1. The van der Waals surface area contributed by atoms with E-state index in [1.165, 1.54) is 13.8 Å². The minimum Gasteiger partial charge on any atom is -0.390 e. The largest absolute Gasteiger partial charge is 0.390 e. The molecule has 4 N–H and O–H groups in total. The predicted octanol–water partition coefficient (Wildman–Crippen LogP) is -0.558. The molecule has 0 aromatic carbocycles. The SMILES string of the molecule is CCC(O)C(O)C(C)S(=O)(=O)C(C)C(O)C(O)CC. The van der Waals surface area contributed by atoms with Gasteiger partial charge in [-0.2, -0.15) is 0 Å². The van der Waals surface area contributed by atoms with Crippen molar-refractivity contribution in [3.8, 4) is 0 Å². The molecule has 19 heavy (non-hydrogen) atoms. The Morgan fingerprint density at radius 2 is 1.05 bits per heavy atom. The third-order valence-corrected chi connectivity index (χ3v) is 6.25. The van der Waals surface area contributed by atoms with Crippen LogP contribution in [0, 0.1) is 0 Å². The molecule has 0 saturated heterocycles. The van der Waals surface area contributed by atoms with Crippen molar-refractivity contribution < 1.29 is 28.8 Å². The van der Waals surface area contributed by atoms with Gasteiger partial charge in [0.15, 0.2) is 9.84 Å². The fourth-order valence-electron chi connectivity index (χ4n) is 1.84. The first-order chi connectivity index (χ1) is 8.61. The summed E-state index contributed by atoms with van der Waals surface area (Å²) in [6.45, 7) is 5.85. The van der Waals surface area contributed by atoms with E-state index in [1.54, 1.807) is 13.8 Å². The van der Waals surface area contributed by atoms with Gasteiger partial charge in [-0.1, -0.05) is 13.8 Å². The van der Waals surface area contributed by atoms with E-state index >= 15 is 0 Å². The molecule has 0 radical (unpaired) electrons. The number of hydrogen-bond acceptors (Lipinski definition) is 6. The van der Waals surface area contributed by atoms with Gasteiger partial charge in [-0.3, -0.25) is 0 Å². The lowest BCUT2D eigenvalue weighted by atomic mass is 10.1. The van der Waals surface area contributed by atoms with Gasteiger partial charge in [0.05, 0.1) is 34.9 Å². The average molecular weight is 298 g/mol. The second-order valence-corrected chi connectivity index (χ2v) is 7.60. The molecular weight excluding hydrogens is 272 g/mol. The highest BCUT2D eigenvalue weighted by atomic mass is 32.2. The molecule has 0 aromatic rings. The molecule has 0 aliphatic heterocycles. The van der Waals surface area contributed by atoms with E-state index in [9.17, 15) is 28.8 Å². The lowest BCUT2D eigenvalue weighted by Gasteiger charge is -2.29. The number of aliphatic hydroxyl groups excluding tert-OH is 4. The fourth-order valence-corrected chi connectivity index (χ4v) is 3.65. The third-order valence-electron chi connectivity index (χ3n) is 3.62. The van der Waals surface area contributed by atoms with Crippen molar-refractivity contribution in [3.05, 3.63) is 0 Å². The van der Waals surface area contributed by atoms with E-state index in [0.29, 0.717) is 0 Å². The van der Waals surface area contributed by atoms with Crippen LogP contribution in [0.15, 0.2) is 0 Å². The molecule has 0 rings (SSSR count). The molecule has 0 saturated carbocycles. The summed E-state index contributed by atoms with van der Waals surface area (Å²) in [5.74, 6) is 0. The number of sulfone groups is 1. The molecular formula is C12H26O6S. The molecule has 0 bridgehead atoms. The summed E-state index contributed by atoms with van der Waals surface area (Å²) in [7, 11) is -3.87. The van der Waals surface area contributed by atoms with Crippen molar-refractivity contribution in [1.29, 1.82) is 0 Å². The van der Waals surface area contributed by atoms with Gasteiger partial charge in [0.1, 0.15) is 0 Å². The van der Waals surface area contributed by atoms with Crippen molar-refractivity contribution in [3.63, 3.8) is 0 Å². The number of aliphatic hydroxyl groups is 4. The summed E-state index contributed by atoms with van der Waals surface area (Å²) in [6, 6.07) is 0. The van der Waals surface area contributed by atoms with Crippen molar-refractivity contribution in [2.75, 3.05) is 0 Å². The molecule has 0 aliphatic carbocycles. The summed E-state index contributed by atoms with van der Waals surface area (Å²) in [6.07, 6.45) is -4.63. The lowest BCUT2D eigenvalue weighted by molar-refractivity contribution is 0.0113. The third kappa shape index (κ3) is 4.39. The van der Waals surface area contributed by atoms with E-state index in [4.69, 9.17) is 0 Å². The molecule has 6 unspecified atom stereocenters. The van der Waals surface area contributed by atoms with Gasteiger partial charge < -0.3 is 20.4 Å². The van der Waals surface area contributed by atoms with Gasteiger partial charge in [0.25, 0.3) is 0 Å². The van der Waals surface area contributed by atoms with Crippen molar-refractivity contribution in [1.82, 2.24) is 0 Å². The first-order valence-corrected chi connectivity index (χ1v) is 8.17. The summed E-state index contributed by atoms with van der Waals surface area (Å²) < 4.78 is 24.4. The van der Waals surface area contributed by atoms with Crippen LogP contribution in [0.2, 0.25) is 0 Å². The van der Waals surface area contributed by atoms with Crippen LogP contribution in [0.1, 0.15) is 40.5 Å². The topological polar surface area (TPSA) is 115 Å². The molecule has 0 aromatic heterocycles. The Bertz CT molecular complexity index is 327. The Labute approximate surface area is 115 Å². The minimum absolute atomic E-state index is 0.232. The Kier molecular flexibility index (Phi) is 7.46. The monoisotopic (exact) mass is 298 g/mol. The van der Waals surface area contributed by atoms with Crippen LogP contribution >= 0.6 is 0 Å². The molecule has 0 amide bonds. The molecule has 0 fully saturated rings. The Hall–Kier alpha value is -0.210. The fraction of sp³-hybridized carbons (Fsp3) is 1.00. The standard InChI is InChI=1S/C12H26O6S/c1-5-9(13)11(15)7(3)19(17,18)8(4)12(16)10(14)6-2/h7-16H,5-6H2,1-4H3. The van der Waals surface area contributed by atoms with E-state index in [0.717, 1.165) is 0 Å². The van der Waals surface area contributed by atoms with Gasteiger partial charge in [-0.05, 0) is 26.7 Å². The summed E-state index contributed by atoms with van der Waals surface area (Å²) >= 11 is 0. The Morgan fingerprint density at radius 3 is 1.26 bits per heavy atom. The van der Waals surface area contributed by atoms with E-state index in [1.807, 2.05) is 0 Å². The van der Waals surface area contributed by atoms with Crippen LogP contribution in [0.5, 0.6) is 0 Å². The molecule has 0 aliphatic rings. The minimum atomic E-state index is -3.87. The zero-order valence-electron chi connectivity index (χ0n) is 11.9. The van der Waals surface area contributed by atoms with Gasteiger partial charge in [0, 0.05) is 0 Å². The second kappa shape index (κ2) is 7.54. The van der Waals surface area contributed by atoms with Crippen LogP contribution in [0.3, 0.4) is 0 Å². The molecule has 0 spiro atoms. The number of rotatable bonds is 8.